The highest BCUT2D eigenvalue weighted by molar-refractivity contribution is 8.18. The minimum Gasteiger partial charge on any atom is -0.368 e. The number of benzene rings is 3. The quantitative estimate of drug-likeness (QED) is 0.416. The summed E-state index contributed by atoms with van der Waals surface area (Å²) in [6.07, 6.45) is 1.68. The third-order valence-electron chi connectivity index (χ3n) is 6.23. The second-order valence-corrected chi connectivity index (χ2v) is 10.1. The average Bonchev–Trinajstić information content (AvgIpc) is 3.16. The first-order valence-corrected chi connectivity index (χ1v) is 12.9. The van der Waals surface area contributed by atoms with Gasteiger partial charge >= 0.3 is 0 Å². The van der Waals surface area contributed by atoms with E-state index in [1.165, 1.54) is 4.90 Å². The predicted molar refractivity (Wildman–Crippen MR) is 144 cm³/mol. The molecule has 6 nitrogen and oxygen atoms in total. The highest BCUT2D eigenvalue weighted by atomic mass is 35.5. The molecule has 2 heterocycles. The molecular formula is C28H24ClN3O3S. The lowest BCUT2D eigenvalue weighted by molar-refractivity contribution is -0.123. The van der Waals surface area contributed by atoms with Gasteiger partial charge < -0.3 is 9.80 Å². The molecule has 0 radical (unpaired) electrons. The molecule has 0 aromatic heterocycles. The molecular weight excluding hydrogens is 494 g/mol. The summed E-state index contributed by atoms with van der Waals surface area (Å²) < 4.78 is 0. The highest BCUT2D eigenvalue weighted by Gasteiger charge is 2.35. The van der Waals surface area contributed by atoms with E-state index in [-0.39, 0.29) is 23.6 Å². The Morgan fingerprint density at radius 1 is 0.889 bits per heavy atom. The number of nitrogens with zero attached hydrogens (tertiary/aromatic N) is 3. The average molecular weight is 518 g/mol. The number of hydrogen-bond donors (Lipinski definition) is 0. The molecule has 0 N–H and O–H groups in total. The lowest BCUT2D eigenvalue weighted by atomic mass is 10.1. The smallest absolute Gasteiger partial charge is 0.293 e. The minimum atomic E-state index is -0.317. The summed E-state index contributed by atoms with van der Waals surface area (Å²) in [6, 6.07) is 24.3. The van der Waals surface area contributed by atoms with E-state index in [2.05, 4.69) is 4.90 Å². The summed E-state index contributed by atoms with van der Waals surface area (Å²) in [7, 11) is 0. The van der Waals surface area contributed by atoms with Crippen molar-refractivity contribution in [2.45, 2.75) is 6.54 Å². The van der Waals surface area contributed by atoms with Crippen LogP contribution in [0.5, 0.6) is 0 Å². The number of amides is 3. The van der Waals surface area contributed by atoms with Gasteiger partial charge in [-0.15, -0.1) is 0 Å². The van der Waals surface area contributed by atoms with Gasteiger partial charge in [-0.2, -0.15) is 0 Å². The van der Waals surface area contributed by atoms with Gasteiger partial charge in [-0.3, -0.25) is 19.3 Å². The number of carbonyl (C=O) groups is 3. The van der Waals surface area contributed by atoms with Crippen molar-refractivity contribution < 1.29 is 14.4 Å². The van der Waals surface area contributed by atoms with E-state index in [1.54, 1.807) is 24.3 Å². The van der Waals surface area contributed by atoms with Gasteiger partial charge in [-0.1, -0.05) is 60.1 Å². The molecule has 3 aromatic carbocycles. The van der Waals surface area contributed by atoms with Crippen LogP contribution in [0.1, 0.15) is 21.5 Å². The van der Waals surface area contributed by atoms with Crippen molar-refractivity contribution in [2.24, 2.45) is 0 Å². The molecule has 2 saturated heterocycles. The Bertz CT molecular complexity index is 1340. The zero-order chi connectivity index (χ0) is 25.1. The van der Waals surface area contributed by atoms with Crippen molar-refractivity contribution in [3.05, 3.63) is 105 Å². The van der Waals surface area contributed by atoms with Gasteiger partial charge in [0.1, 0.15) is 0 Å². The maximum absolute atomic E-state index is 13.2. The maximum atomic E-state index is 13.2. The molecule has 0 spiro atoms. The van der Waals surface area contributed by atoms with Crippen molar-refractivity contribution >= 4 is 52.2 Å². The second-order valence-electron chi connectivity index (χ2n) is 8.64. The van der Waals surface area contributed by atoms with E-state index in [0.29, 0.717) is 34.1 Å². The van der Waals surface area contributed by atoms with E-state index in [9.17, 15) is 14.4 Å². The molecule has 0 atom stereocenters. The van der Waals surface area contributed by atoms with Crippen LogP contribution in [0.25, 0.3) is 6.08 Å². The first kappa shape index (κ1) is 24.2. The Labute approximate surface area is 219 Å². The second kappa shape index (κ2) is 10.6. The zero-order valence-electron chi connectivity index (χ0n) is 19.5. The molecule has 36 heavy (non-hydrogen) atoms. The summed E-state index contributed by atoms with van der Waals surface area (Å²) in [5, 5.41) is 0.403. The SMILES string of the molecule is O=C(c1cccc(/C=C2\SC(=O)N(Cc3ccccc3)C2=O)c1)N1CCN(c2cccc(Cl)c2)CC1. The topological polar surface area (TPSA) is 60.9 Å². The summed E-state index contributed by atoms with van der Waals surface area (Å²) in [6.45, 7) is 2.89. The molecule has 182 valence electrons. The van der Waals surface area contributed by atoms with Crippen LogP contribution in [0.4, 0.5) is 10.5 Å². The molecule has 0 bridgehead atoms. The standard InChI is InChI=1S/C28H24ClN3O3S/c29-23-10-5-11-24(18-23)30-12-14-31(15-13-30)26(33)22-9-4-8-21(16-22)17-25-27(34)32(28(35)36-25)19-20-6-2-1-3-7-20/h1-11,16-18H,12-15,19H2/b25-17-. The molecule has 5 rings (SSSR count). The third-order valence-corrected chi connectivity index (χ3v) is 7.37. The number of hydrogen-bond acceptors (Lipinski definition) is 5. The van der Waals surface area contributed by atoms with Crippen LogP contribution in [-0.2, 0) is 11.3 Å². The molecule has 3 amide bonds. The van der Waals surface area contributed by atoms with Crippen LogP contribution in [-0.4, -0.2) is 53.0 Å². The van der Waals surface area contributed by atoms with Gasteiger partial charge in [-0.25, -0.2) is 0 Å². The predicted octanol–water partition coefficient (Wildman–Crippen LogP) is 5.54. The molecule has 8 heteroatoms. The number of piperazine rings is 1. The van der Waals surface area contributed by atoms with Crippen LogP contribution in [0, 0.1) is 0 Å². The van der Waals surface area contributed by atoms with E-state index >= 15 is 0 Å². The van der Waals surface area contributed by atoms with Gasteiger partial charge in [-0.05, 0) is 59.3 Å². The lowest BCUT2D eigenvalue weighted by Crippen LogP contribution is -2.48. The lowest BCUT2D eigenvalue weighted by Gasteiger charge is -2.36. The fraction of sp³-hybridized carbons (Fsp3) is 0.179. The van der Waals surface area contributed by atoms with Crippen molar-refractivity contribution in [3.63, 3.8) is 0 Å². The molecule has 0 aliphatic carbocycles. The molecule has 0 saturated carbocycles. The largest absolute Gasteiger partial charge is 0.368 e. The number of carbonyl (C=O) groups excluding carboxylic acids is 3. The van der Waals surface area contributed by atoms with Crippen molar-refractivity contribution in [1.82, 2.24) is 9.80 Å². The summed E-state index contributed by atoms with van der Waals surface area (Å²) >= 11 is 7.05. The van der Waals surface area contributed by atoms with E-state index in [1.807, 2.05) is 65.6 Å². The first-order valence-electron chi connectivity index (χ1n) is 11.7. The Hall–Kier alpha value is -3.55. The van der Waals surface area contributed by atoms with Crippen LogP contribution < -0.4 is 4.90 Å². The molecule has 2 aliphatic rings. The molecule has 3 aromatic rings. The normalized spacial score (nSPS) is 17.2. The van der Waals surface area contributed by atoms with E-state index in [0.717, 1.165) is 36.1 Å². The van der Waals surface area contributed by atoms with Crippen LogP contribution in [0.2, 0.25) is 5.02 Å². The Kier molecular flexibility index (Phi) is 7.11. The van der Waals surface area contributed by atoms with E-state index in [4.69, 9.17) is 11.6 Å². The summed E-state index contributed by atoms with van der Waals surface area (Å²) in [5.74, 6) is -0.365. The maximum Gasteiger partial charge on any atom is 0.293 e. The van der Waals surface area contributed by atoms with Crippen LogP contribution in [0.15, 0.2) is 83.8 Å². The Balaban J connectivity index is 1.25. The highest BCUT2D eigenvalue weighted by Crippen LogP contribution is 2.33. The molecule has 0 unspecified atom stereocenters. The monoisotopic (exact) mass is 517 g/mol. The van der Waals surface area contributed by atoms with Gasteiger partial charge in [0.2, 0.25) is 0 Å². The number of thioether (sulfide) groups is 1. The number of halogens is 1. The zero-order valence-corrected chi connectivity index (χ0v) is 21.0. The molecule has 2 aliphatic heterocycles. The number of rotatable bonds is 5. The van der Waals surface area contributed by atoms with Gasteiger partial charge in [0.15, 0.2) is 0 Å². The van der Waals surface area contributed by atoms with Crippen molar-refractivity contribution in [1.29, 1.82) is 0 Å². The molecule has 2 fully saturated rings. The Morgan fingerprint density at radius 3 is 2.39 bits per heavy atom. The first-order chi connectivity index (χ1) is 17.5. The number of imide groups is 1. The summed E-state index contributed by atoms with van der Waals surface area (Å²) in [5.41, 5.74) is 3.22. The van der Waals surface area contributed by atoms with Gasteiger partial charge in [0.25, 0.3) is 17.1 Å². The van der Waals surface area contributed by atoms with Crippen LogP contribution >= 0.6 is 23.4 Å². The van der Waals surface area contributed by atoms with Gasteiger partial charge in [0.05, 0.1) is 11.4 Å². The fourth-order valence-electron chi connectivity index (χ4n) is 4.34. The fourth-order valence-corrected chi connectivity index (χ4v) is 5.36. The Morgan fingerprint density at radius 2 is 1.64 bits per heavy atom. The van der Waals surface area contributed by atoms with E-state index < -0.39 is 0 Å². The third kappa shape index (κ3) is 5.32. The van der Waals surface area contributed by atoms with Crippen LogP contribution in [0.3, 0.4) is 0 Å². The summed E-state index contributed by atoms with van der Waals surface area (Å²) in [4.78, 5) is 44.2. The van der Waals surface area contributed by atoms with Crippen molar-refractivity contribution in [2.75, 3.05) is 31.1 Å². The number of anilines is 1. The van der Waals surface area contributed by atoms with Gasteiger partial charge in [0, 0.05) is 42.5 Å². The van der Waals surface area contributed by atoms with Crippen molar-refractivity contribution in [3.8, 4) is 0 Å². The minimum absolute atomic E-state index is 0.0480.